The number of nitrogens with one attached hydrogen (secondary N) is 1. The van der Waals surface area contributed by atoms with E-state index in [0.717, 1.165) is 30.0 Å². The molecule has 1 heterocycles. The molecule has 0 aliphatic carbocycles. The Balaban J connectivity index is 1.69. The number of nitrogens with two attached hydrogens (primary N) is 1. The number of rotatable bonds is 9. The highest BCUT2D eigenvalue weighted by Gasteiger charge is 2.15. The Morgan fingerprint density at radius 1 is 1.13 bits per heavy atom. The van der Waals surface area contributed by atoms with Gasteiger partial charge in [-0.2, -0.15) is 0 Å². The fourth-order valence-corrected chi connectivity index (χ4v) is 4.76. The standard InChI is InChI=1S/C21H27N5O3S2/c1-4-25(5-2)16-9-7-15(8-10-16)23-20(27)14-30-21-24-18-13-17(31(22,28)29)11-12-19(18)26(21)6-3/h7-13H,4-6,14H2,1-3H3,(H,23,27)(H2,22,28,29). The Morgan fingerprint density at radius 3 is 2.39 bits per heavy atom. The number of carbonyl (C=O) groups is 1. The van der Waals surface area contributed by atoms with E-state index in [1.165, 1.54) is 23.9 Å². The van der Waals surface area contributed by atoms with E-state index in [0.29, 0.717) is 17.2 Å². The number of imidazole rings is 1. The molecule has 3 rings (SSSR count). The molecule has 0 fully saturated rings. The second-order valence-corrected chi connectivity index (χ2v) is 9.39. The molecule has 166 valence electrons. The molecule has 0 aliphatic rings. The monoisotopic (exact) mass is 461 g/mol. The smallest absolute Gasteiger partial charge is 0.238 e. The second-order valence-electron chi connectivity index (χ2n) is 6.89. The van der Waals surface area contributed by atoms with E-state index in [1.807, 2.05) is 35.8 Å². The van der Waals surface area contributed by atoms with Crippen LogP contribution in [0.15, 0.2) is 52.5 Å². The minimum Gasteiger partial charge on any atom is -0.372 e. The summed E-state index contributed by atoms with van der Waals surface area (Å²) >= 11 is 1.30. The average molecular weight is 462 g/mol. The second kappa shape index (κ2) is 9.71. The highest BCUT2D eigenvalue weighted by molar-refractivity contribution is 7.99. The van der Waals surface area contributed by atoms with Gasteiger partial charge in [0.25, 0.3) is 0 Å². The number of amides is 1. The van der Waals surface area contributed by atoms with Crippen LogP contribution in [0.1, 0.15) is 20.8 Å². The lowest BCUT2D eigenvalue weighted by Gasteiger charge is -2.21. The molecule has 3 aromatic rings. The van der Waals surface area contributed by atoms with Crippen molar-refractivity contribution in [3.8, 4) is 0 Å². The van der Waals surface area contributed by atoms with E-state index >= 15 is 0 Å². The first-order valence-electron chi connectivity index (χ1n) is 10.1. The van der Waals surface area contributed by atoms with Crippen LogP contribution in [-0.4, -0.2) is 42.7 Å². The predicted octanol–water partition coefficient (Wildman–Crippen LogP) is 3.28. The van der Waals surface area contributed by atoms with Crippen LogP contribution in [0.3, 0.4) is 0 Å². The van der Waals surface area contributed by atoms with Gasteiger partial charge in [-0.15, -0.1) is 0 Å². The maximum absolute atomic E-state index is 12.4. The first-order valence-corrected chi connectivity index (χ1v) is 12.6. The quantitative estimate of drug-likeness (QED) is 0.473. The number of hydrogen-bond acceptors (Lipinski definition) is 6. The summed E-state index contributed by atoms with van der Waals surface area (Å²) in [7, 11) is -3.80. The summed E-state index contributed by atoms with van der Waals surface area (Å²) < 4.78 is 25.1. The van der Waals surface area contributed by atoms with E-state index in [2.05, 4.69) is 29.0 Å². The van der Waals surface area contributed by atoms with Gasteiger partial charge in [-0.1, -0.05) is 11.8 Å². The number of fused-ring (bicyclic) bond motifs is 1. The van der Waals surface area contributed by atoms with Crippen LogP contribution in [0.2, 0.25) is 0 Å². The van der Waals surface area contributed by atoms with E-state index < -0.39 is 10.0 Å². The van der Waals surface area contributed by atoms with Gasteiger partial charge in [0.1, 0.15) is 0 Å². The van der Waals surface area contributed by atoms with Gasteiger partial charge in [0.05, 0.1) is 21.7 Å². The summed E-state index contributed by atoms with van der Waals surface area (Å²) in [4.78, 5) is 19.2. The van der Waals surface area contributed by atoms with Crippen LogP contribution in [0.25, 0.3) is 11.0 Å². The molecule has 0 aliphatic heterocycles. The van der Waals surface area contributed by atoms with Gasteiger partial charge in [0, 0.05) is 31.0 Å². The summed E-state index contributed by atoms with van der Waals surface area (Å²) in [5.74, 6) is 0.0453. The number of aromatic nitrogens is 2. The molecule has 3 N–H and O–H groups in total. The zero-order valence-corrected chi connectivity index (χ0v) is 19.5. The average Bonchev–Trinajstić information content (AvgIpc) is 3.10. The SMILES string of the molecule is CCN(CC)c1ccc(NC(=O)CSc2nc3cc(S(N)(=O)=O)ccc3n2CC)cc1. The number of aryl methyl sites for hydroxylation is 1. The van der Waals surface area contributed by atoms with Gasteiger partial charge < -0.3 is 14.8 Å². The molecule has 31 heavy (non-hydrogen) atoms. The van der Waals surface area contributed by atoms with Crippen molar-refractivity contribution in [2.75, 3.05) is 29.1 Å². The van der Waals surface area contributed by atoms with Crippen molar-refractivity contribution in [2.45, 2.75) is 37.4 Å². The minimum atomic E-state index is -3.80. The first-order chi connectivity index (χ1) is 14.8. The fraction of sp³-hybridized carbons (Fsp3) is 0.333. The molecule has 1 aromatic heterocycles. The third-order valence-corrected chi connectivity index (χ3v) is 6.83. The highest BCUT2D eigenvalue weighted by atomic mass is 32.2. The van der Waals surface area contributed by atoms with Crippen molar-refractivity contribution in [3.63, 3.8) is 0 Å². The molecular formula is C21H27N5O3S2. The van der Waals surface area contributed by atoms with Crippen LogP contribution in [-0.2, 0) is 21.4 Å². The summed E-state index contributed by atoms with van der Waals surface area (Å²) in [6.07, 6.45) is 0. The minimum absolute atomic E-state index is 0.0169. The molecular weight excluding hydrogens is 434 g/mol. The Bertz CT molecular complexity index is 1170. The molecule has 0 radical (unpaired) electrons. The molecule has 0 unspecified atom stereocenters. The maximum atomic E-state index is 12.4. The number of nitrogens with zero attached hydrogens (tertiary/aromatic N) is 3. The number of anilines is 2. The number of thioether (sulfide) groups is 1. The molecule has 10 heteroatoms. The van der Waals surface area contributed by atoms with Crippen LogP contribution in [0, 0.1) is 0 Å². The van der Waals surface area contributed by atoms with Gasteiger partial charge in [-0.3, -0.25) is 4.79 Å². The highest BCUT2D eigenvalue weighted by Crippen LogP contribution is 2.26. The predicted molar refractivity (Wildman–Crippen MR) is 126 cm³/mol. The van der Waals surface area contributed by atoms with Gasteiger partial charge in [0.2, 0.25) is 15.9 Å². The molecule has 0 bridgehead atoms. The Morgan fingerprint density at radius 2 is 1.81 bits per heavy atom. The number of benzene rings is 2. The number of sulfonamides is 1. The molecule has 0 saturated heterocycles. The topological polar surface area (TPSA) is 110 Å². The Hall–Kier alpha value is -2.56. The summed E-state index contributed by atoms with van der Waals surface area (Å²) in [6.45, 7) is 8.68. The number of carbonyl (C=O) groups excluding carboxylic acids is 1. The van der Waals surface area contributed by atoms with Crippen molar-refractivity contribution in [2.24, 2.45) is 5.14 Å². The van der Waals surface area contributed by atoms with Crippen LogP contribution in [0.5, 0.6) is 0 Å². The van der Waals surface area contributed by atoms with Gasteiger partial charge in [-0.25, -0.2) is 18.5 Å². The lowest BCUT2D eigenvalue weighted by atomic mass is 10.2. The molecule has 0 saturated carbocycles. The van der Waals surface area contributed by atoms with E-state index in [4.69, 9.17) is 5.14 Å². The van der Waals surface area contributed by atoms with Gasteiger partial charge in [0.15, 0.2) is 5.16 Å². The van der Waals surface area contributed by atoms with Crippen molar-refractivity contribution < 1.29 is 13.2 Å². The first kappa shape index (κ1) is 23.1. The summed E-state index contributed by atoms with van der Waals surface area (Å²) in [5.41, 5.74) is 3.18. The Kier molecular flexibility index (Phi) is 7.24. The van der Waals surface area contributed by atoms with Crippen molar-refractivity contribution in [1.29, 1.82) is 0 Å². The summed E-state index contributed by atoms with van der Waals surface area (Å²) in [6, 6.07) is 12.4. The largest absolute Gasteiger partial charge is 0.372 e. The molecule has 0 spiro atoms. The maximum Gasteiger partial charge on any atom is 0.238 e. The van der Waals surface area contributed by atoms with Crippen molar-refractivity contribution >= 4 is 50.1 Å². The fourth-order valence-electron chi connectivity index (χ4n) is 3.35. The lowest BCUT2D eigenvalue weighted by molar-refractivity contribution is -0.113. The van der Waals surface area contributed by atoms with Gasteiger partial charge >= 0.3 is 0 Å². The van der Waals surface area contributed by atoms with Crippen molar-refractivity contribution in [3.05, 3.63) is 42.5 Å². The van der Waals surface area contributed by atoms with Crippen LogP contribution in [0.4, 0.5) is 11.4 Å². The zero-order chi connectivity index (χ0) is 22.6. The summed E-state index contributed by atoms with van der Waals surface area (Å²) in [5, 5.41) is 8.77. The normalized spacial score (nSPS) is 11.6. The third kappa shape index (κ3) is 5.38. The zero-order valence-electron chi connectivity index (χ0n) is 17.8. The van der Waals surface area contributed by atoms with Crippen molar-refractivity contribution in [1.82, 2.24) is 9.55 Å². The molecule has 2 aromatic carbocycles. The molecule has 8 nitrogen and oxygen atoms in total. The van der Waals surface area contributed by atoms with Crippen LogP contribution < -0.4 is 15.4 Å². The number of hydrogen-bond donors (Lipinski definition) is 2. The third-order valence-electron chi connectivity index (χ3n) is 4.94. The van der Waals surface area contributed by atoms with Gasteiger partial charge in [-0.05, 0) is 63.2 Å². The molecule has 0 atom stereocenters. The Labute approximate surface area is 186 Å². The lowest BCUT2D eigenvalue weighted by Crippen LogP contribution is -2.21. The molecule has 1 amide bonds. The number of primary sulfonamides is 1. The van der Waals surface area contributed by atoms with E-state index in [9.17, 15) is 13.2 Å². The van der Waals surface area contributed by atoms with E-state index in [1.54, 1.807) is 6.07 Å². The van der Waals surface area contributed by atoms with E-state index in [-0.39, 0.29) is 16.6 Å². The van der Waals surface area contributed by atoms with Crippen LogP contribution >= 0.6 is 11.8 Å².